The van der Waals surface area contributed by atoms with Crippen molar-refractivity contribution in [1.29, 1.82) is 0 Å². The fourth-order valence-corrected chi connectivity index (χ4v) is 2.35. The zero-order valence-electron chi connectivity index (χ0n) is 11.8. The van der Waals surface area contributed by atoms with E-state index in [4.69, 9.17) is 4.74 Å². The first-order valence-electron chi connectivity index (χ1n) is 6.41. The second kappa shape index (κ2) is 5.66. The summed E-state index contributed by atoms with van der Waals surface area (Å²) in [6.07, 6.45) is -5.14. The molecule has 0 aliphatic carbocycles. The standard InChI is InChI=1S/C13H15FN2O6/c1-3-4-13(21)9(18)8(6(2)17)22-11(13)16-5-7(14)10(19)15-12(16)20/h5-6,8-9,11,17-18,21H,1-2H3,(H,15,19,20)/t6-,8-,9?,11-,13-/m1/s1. The molecule has 0 aromatic carbocycles. The molecule has 2 heterocycles. The van der Waals surface area contributed by atoms with Gasteiger partial charge in [0.15, 0.2) is 11.8 Å². The van der Waals surface area contributed by atoms with Crippen molar-refractivity contribution in [2.45, 2.75) is 44.0 Å². The number of halogens is 1. The van der Waals surface area contributed by atoms with Crippen molar-refractivity contribution in [1.82, 2.24) is 9.55 Å². The van der Waals surface area contributed by atoms with Crippen molar-refractivity contribution >= 4 is 0 Å². The zero-order chi connectivity index (χ0) is 16.7. The van der Waals surface area contributed by atoms with E-state index in [1.165, 1.54) is 13.8 Å². The molecule has 5 atom stereocenters. The van der Waals surface area contributed by atoms with Crippen molar-refractivity contribution in [3.8, 4) is 11.8 Å². The average molecular weight is 314 g/mol. The average Bonchev–Trinajstić information content (AvgIpc) is 2.68. The molecular weight excluding hydrogens is 299 g/mol. The number of aliphatic hydroxyl groups excluding tert-OH is 2. The van der Waals surface area contributed by atoms with Gasteiger partial charge in [-0.3, -0.25) is 14.3 Å². The summed E-state index contributed by atoms with van der Waals surface area (Å²) >= 11 is 0. The van der Waals surface area contributed by atoms with E-state index in [9.17, 15) is 29.3 Å². The van der Waals surface area contributed by atoms with Crippen LogP contribution < -0.4 is 11.2 Å². The van der Waals surface area contributed by atoms with E-state index in [-0.39, 0.29) is 0 Å². The molecule has 0 saturated carbocycles. The van der Waals surface area contributed by atoms with Crippen molar-refractivity contribution in [2.24, 2.45) is 0 Å². The smallest absolute Gasteiger partial charge is 0.330 e. The molecule has 0 spiro atoms. The Morgan fingerprint density at radius 1 is 1.55 bits per heavy atom. The molecule has 2 rings (SSSR count). The number of nitrogens with zero attached hydrogens (tertiary/aromatic N) is 1. The van der Waals surface area contributed by atoms with Crippen LogP contribution in [-0.4, -0.2) is 48.8 Å². The highest BCUT2D eigenvalue weighted by molar-refractivity contribution is 5.22. The number of aromatic amines is 1. The summed E-state index contributed by atoms with van der Waals surface area (Å²) in [4.78, 5) is 24.6. The van der Waals surface area contributed by atoms with Gasteiger partial charge in [-0.25, -0.2) is 4.79 Å². The maximum atomic E-state index is 13.4. The summed E-state index contributed by atoms with van der Waals surface area (Å²) in [5, 5.41) is 30.3. The highest BCUT2D eigenvalue weighted by Gasteiger charge is 2.57. The van der Waals surface area contributed by atoms with E-state index in [1.807, 2.05) is 0 Å². The first-order chi connectivity index (χ1) is 10.2. The normalized spacial score (nSPS) is 32.4. The number of aromatic nitrogens is 2. The molecule has 9 heteroatoms. The van der Waals surface area contributed by atoms with E-state index < -0.39 is 47.2 Å². The monoisotopic (exact) mass is 314 g/mol. The van der Waals surface area contributed by atoms with Gasteiger partial charge in [-0.05, 0) is 13.8 Å². The van der Waals surface area contributed by atoms with Gasteiger partial charge in [-0.15, -0.1) is 5.92 Å². The number of aliphatic hydroxyl groups is 3. The van der Waals surface area contributed by atoms with Crippen LogP contribution in [0.25, 0.3) is 0 Å². The highest BCUT2D eigenvalue weighted by atomic mass is 19.1. The summed E-state index contributed by atoms with van der Waals surface area (Å²) in [5.74, 6) is 3.42. The molecule has 8 nitrogen and oxygen atoms in total. The Labute approximate surface area is 123 Å². The van der Waals surface area contributed by atoms with Crippen LogP contribution in [0, 0.1) is 17.7 Å². The van der Waals surface area contributed by atoms with E-state index >= 15 is 0 Å². The molecule has 120 valence electrons. The second-order valence-corrected chi connectivity index (χ2v) is 4.98. The van der Waals surface area contributed by atoms with Crippen LogP contribution in [-0.2, 0) is 4.74 Å². The number of H-pyrrole nitrogens is 1. The van der Waals surface area contributed by atoms with Gasteiger partial charge in [0.1, 0.15) is 12.2 Å². The van der Waals surface area contributed by atoms with Crippen LogP contribution in [0.2, 0.25) is 0 Å². The third kappa shape index (κ3) is 2.46. The first kappa shape index (κ1) is 16.4. The van der Waals surface area contributed by atoms with Crippen LogP contribution in [0.1, 0.15) is 20.1 Å². The van der Waals surface area contributed by atoms with Gasteiger partial charge in [0.2, 0.25) is 5.82 Å². The van der Waals surface area contributed by atoms with E-state index in [0.717, 1.165) is 0 Å². The van der Waals surface area contributed by atoms with Crippen molar-refractivity contribution in [3.05, 3.63) is 32.9 Å². The molecule has 0 bridgehead atoms. The van der Waals surface area contributed by atoms with Crippen molar-refractivity contribution in [3.63, 3.8) is 0 Å². The Kier molecular flexibility index (Phi) is 4.21. The van der Waals surface area contributed by atoms with E-state index in [0.29, 0.717) is 10.8 Å². The Bertz CT molecular complexity index is 745. The van der Waals surface area contributed by atoms with Crippen LogP contribution in [0.5, 0.6) is 0 Å². The van der Waals surface area contributed by atoms with Crippen LogP contribution in [0.15, 0.2) is 15.8 Å². The summed E-state index contributed by atoms with van der Waals surface area (Å²) in [6, 6.07) is 0. The maximum absolute atomic E-state index is 13.4. The summed E-state index contributed by atoms with van der Waals surface area (Å²) in [7, 11) is 0. The first-order valence-corrected chi connectivity index (χ1v) is 6.41. The van der Waals surface area contributed by atoms with Gasteiger partial charge in [0.05, 0.1) is 12.3 Å². The molecule has 4 N–H and O–H groups in total. The molecule has 22 heavy (non-hydrogen) atoms. The van der Waals surface area contributed by atoms with Gasteiger partial charge in [-0.1, -0.05) is 5.92 Å². The Morgan fingerprint density at radius 2 is 2.18 bits per heavy atom. The lowest BCUT2D eigenvalue weighted by Gasteiger charge is -2.26. The number of hydrogen-bond donors (Lipinski definition) is 4. The number of hydrogen-bond acceptors (Lipinski definition) is 6. The SMILES string of the molecule is CC#C[C@@]1(O)C(O)[C@@H]([C@@H](C)O)O[C@H]1n1cc(F)c(=O)[nH]c1=O. The van der Waals surface area contributed by atoms with E-state index in [1.54, 1.807) is 4.98 Å². The molecule has 0 amide bonds. The van der Waals surface area contributed by atoms with E-state index in [2.05, 4.69) is 11.8 Å². The van der Waals surface area contributed by atoms with Gasteiger partial charge >= 0.3 is 5.69 Å². The Hall–Kier alpha value is -1.99. The van der Waals surface area contributed by atoms with Crippen molar-refractivity contribution in [2.75, 3.05) is 0 Å². The van der Waals surface area contributed by atoms with Gasteiger partial charge < -0.3 is 20.1 Å². The summed E-state index contributed by atoms with van der Waals surface area (Å²) in [5.41, 5.74) is -4.53. The van der Waals surface area contributed by atoms with Crippen molar-refractivity contribution < 1.29 is 24.4 Å². The fraction of sp³-hybridized carbons (Fsp3) is 0.538. The molecule has 1 aromatic rings. The number of nitrogens with one attached hydrogen (secondary N) is 1. The third-order valence-electron chi connectivity index (χ3n) is 3.40. The highest BCUT2D eigenvalue weighted by Crippen LogP contribution is 2.38. The summed E-state index contributed by atoms with van der Waals surface area (Å²) in [6.45, 7) is 2.69. The molecule has 1 aliphatic rings. The molecule has 1 aromatic heterocycles. The lowest BCUT2D eigenvalue weighted by Crippen LogP contribution is -2.49. The molecular formula is C13H15FN2O6. The summed E-state index contributed by atoms with van der Waals surface area (Å²) < 4.78 is 19.3. The minimum absolute atomic E-state index is 0.547. The van der Waals surface area contributed by atoms with Crippen LogP contribution in [0.3, 0.4) is 0 Å². The maximum Gasteiger partial charge on any atom is 0.330 e. The Balaban J connectivity index is 2.61. The predicted molar refractivity (Wildman–Crippen MR) is 71.3 cm³/mol. The van der Waals surface area contributed by atoms with Gasteiger partial charge in [0, 0.05) is 0 Å². The number of ether oxygens (including phenoxy) is 1. The largest absolute Gasteiger partial charge is 0.391 e. The lowest BCUT2D eigenvalue weighted by atomic mass is 9.93. The fourth-order valence-electron chi connectivity index (χ4n) is 2.35. The second-order valence-electron chi connectivity index (χ2n) is 4.98. The topological polar surface area (TPSA) is 125 Å². The molecule has 1 unspecified atom stereocenters. The number of rotatable bonds is 2. The molecule has 1 saturated heterocycles. The predicted octanol–water partition coefficient (Wildman–Crippen LogP) is -1.93. The Morgan fingerprint density at radius 3 is 2.73 bits per heavy atom. The molecule has 0 radical (unpaired) electrons. The molecule has 1 aliphatic heterocycles. The minimum Gasteiger partial charge on any atom is -0.391 e. The lowest BCUT2D eigenvalue weighted by molar-refractivity contribution is -0.0887. The van der Waals surface area contributed by atoms with Crippen LogP contribution >= 0.6 is 0 Å². The minimum atomic E-state index is -2.26. The van der Waals surface area contributed by atoms with Gasteiger partial charge in [-0.2, -0.15) is 4.39 Å². The quantitative estimate of drug-likeness (QED) is 0.471. The third-order valence-corrected chi connectivity index (χ3v) is 3.40. The molecule has 1 fully saturated rings. The van der Waals surface area contributed by atoms with Gasteiger partial charge in [0.25, 0.3) is 5.56 Å². The van der Waals surface area contributed by atoms with Crippen LogP contribution in [0.4, 0.5) is 4.39 Å². The zero-order valence-corrected chi connectivity index (χ0v) is 11.8.